The second-order valence-electron chi connectivity index (χ2n) is 7.89. The van der Waals surface area contributed by atoms with E-state index >= 15 is 0 Å². The van der Waals surface area contributed by atoms with Crippen LogP contribution in [0.25, 0.3) is 17.5 Å². The zero-order valence-corrected chi connectivity index (χ0v) is 18.0. The Labute approximate surface area is 184 Å². The van der Waals surface area contributed by atoms with Crippen molar-refractivity contribution in [3.05, 3.63) is 71.3 Å². The number of carbonyl (C=O) groups excluding carboxylic acids is 1. The minimum absolute atomic E-state index is 0.219. The Balaban J connectivity index is 1.75. The van der Waals surface area contributed by atoms with Crippen molar-refractivity contribution in [2.75, 3.05) is 12.4 Å². The molecule has 1 aliphatic heterocycles. The zero-order chi connectivity index (χ0) is 23.0. The average molecular weight is 438 g/mol. The van der Waals surface area contributed by atoms with Crippen LogP contribution >= 0.6 is 0 Å². The third kappa shape index (κ3) is 3.84. The Morgan fingerprint density at radius 1 is 1.22 bits per heavy atom. The quantitative estimate of drug-likeness (QED) is 0.516. The number of imidazole rings is 1. The fraction of sp³-hybridized carbons (Fsp3) is 0.250. The Hall–Kier alpha value is -3.68. The molecule has 4 rings (SSSR count). The molecule has 1 aromatic heterocycles. The lowest BCUT2D eigenvalue weighted by Crippen LogP contribution is -2.31. The molecule has 0 saturated heterocycles. The second-order valence-corrected chi connectivity index (χ2v) is 7.89. The number of nitrogens with one attached hydrogen (secondary N) is 1. The number of benzene rings is 2. The summed E-state index contributed by atoms with van der Waals surface area (Å²) in [6, 6.07) is 9.49. The molecule has 8 heteroatoms. The monoisotopic (exact) mass is 438 g/mol. The van der Waals surface area contributed by atoms with Crippen molar-refractivity contribution < 1.29 is 18.7 Å². The van der Waals surface area contributed by atoms with Gasteiger partial charge in [-0.05, 0) is 48.4 Å². The van der Waals surface area contributed by atoms with E-state index in [1.807, 2.05) is 37.2 Å². The lowest BCUT2D eigenvalue weighted by Gasteiger charge is -2.32. The molecule has 0 aliphatic carbocycles. The highest BCUT2D eigenvalue weighted by Crippen LogP contribution is 2.39. The van der Waals surface area contributed by atoms with Crippen LogP contribution in [0.5, 0.6) is 5.75 Å². The molecule has 6 nitrogen and oxygen atoms in total. The third-order valence-corrected chi connectivity index (χ3v) is 5.63. The van der Waals surface area contributed by atoms with Gasteiger partial charge in [-0.1, -0.05) is 6.92 Å². The molecule has 2 heterocycles. The van der Waals surface area contributed by atoms with Gasteiger partial charge in [-0.15, -0.1) is 0 Å². The van der Waals surface area contributed by atoms with Crippen LogP contribution in [-0.2, 0) is 12.3 Å². The van der Waals surface area contributed by atoms with E-state index in [0.29, 0.717) is 22.6 Å². The molecule has 2 N–H and O–H groups in total. The van der Waals surface area contributed by atoms with Crippen molar-refractivity contribution in [2.45, 2.75) is 32.4 Å². The molecule has 32 heavy (non-hydrogen) atoms. The van der Waals surface area contributed by atoms with Crippen LogP contribution in [0.4, 0.5) is 14.5 Å². The number of halogens is 2. The number of aromatic nitrogens is 2. The van der Waals surface area contributed by atoms with E-state index in [1.54, 1.807) is 23.0 Å². The van der Waals surface area contributed by atoms with Crippen LogP contribution in [0.1, 0.15) is 47.3 Å². The number of aryl methyl sites for hydroxylation is 1. The third-order valence-electron chi connectivity index (χ3n) is 5.63. The first-order chi connectivity index (χ1) is 15.2. The molecule has 0 radical (unpaired) electrons. The molecule has 166 valence electrons. The standard InChI is InChI=1S/C24H24F2N4O2/c1-4-15-11-17(6-5-16(15)14-31)28-23-22-27-13-21(30(22)10-9-29(23)3)19-8-7-18(32)12-20(19)24(2,25)26/h5-14,23,28,32H,4H2,1-3H3. The Kier molecular flexibility index (Phi) is 5.46. The fourth-order valence-electron chi connectivity index (χ4n) is 3.93. The van der Waals surface area contributed by atoms with Crippen molar-refractivity contribution >= 4 is 18.2 Å². The highest BCUT2D eigenvalue weighted by atomic mass is 19.3. The lowest BCUT2D eigenvalue weighted by molar-refractivity contribution is 0.0178. The van der Waals surface area contributed by atoms with Crippen molar-refractivity contribution in [1.29, 1.82) is 0 Å². The van der Waals surface area contributed by atoms with Gasteiger partial charge in [0.25, 0.3) is 5.92 Å². The van der Waals surface area contributed by atoms with Gasteiger partial charge in [0.05, 0.1) is 11.9 Å². The summed E-state index contributed by atoms with van der Waals surface area (Å²) in [4.78, 5) is 17.7. The largest absolute Gasteiger partial charge is 0.508 e. The molecule has 3 aromatic rings. The average Bonchev–Trinajstić information content (AvgIpc) is 3.19. The lowest BCUT2D eigenvalue weighted by atomic mass is 9.99. The summed E-state index contributed by atoms with van der Waals surface area (Å²) in [6.07, 6.45) is 6.37. The molecule has 1 atom stereocenters. The molecule has 1 aliphatic rings. The zero-order valence-electron chi connectivity index (χ0n) is 18.0. The number of phenolic OH excluding ortho intramolecular Hbond substituents is 1. The molecule has 0 bridgehead atoms. The van der Waals surface area contributed by atoms with Gasteiger partial charge in [-0.3, -0.25) is 9.36 Å². The molecule has 0 saturated carbocycles. The van der Waals surface area contributed by atoms with Crippen LogP contribution in [0.3, 0.4) is 0 Å². The minimum Gasteiger partial charge on any atom is -0.508 e. The normalized spacial score (nSPS) is 15.5. The topological polar surface area (TPSA) is 70.4 Å². The number of phenols is 1. The molecule has 0 fully saturated rings. The van der Waals surface area contributed by atoms with Gasteiger partial charge in [0.1, 0.15) is 12.0 Å². The number of rotatable bonds is 6. The van der Waals surface area contributed by atoms with E-state index in [1.165, 1.54) is 12.1 Å². The maximum absolute atomic E-state index is 14.3. The Bertz CT molecular complexity index is 1200. The van der Waals surface area contributed by atoms with Crippen LogP contribution in [0, 0.1) is 0 Å². The summed E-state index contributed by atoms with van der Waals surface area (Å²) in [7, 11) is 1.89. The number of carbonyl (C=O) groups is 1. The number of nitrogens with zero attached hydrogens (tertiary/aromatic N) is 3. The van der Waals surface area contributed by atoms with Gasteiger partial charge in [0.2, 0.25) is 0 Å². The van der Waals surface area contributed by atoms with E-state index < -0.39 is 5.92 Å². The number of fused-ring (bicyclic) bond motifs is 1. The van der Waals surface area contributed by atoms with Crippen molar-refractivity contribution in [1.82, 2.24) is 14.5 Å². The first-order valence-electron chi connectivity index (χ1n) is 10.3. The number of aromatic hydroxyl groups is 1. The van der Waals surface area contributed by atoms with Crippen molar-refractivity contribution in [3.8, 4) is 17.0 Å². The maximum atomic E-state index is 14.3. The summed E-state index contributed by atoms with van der Waals surface area (Å²) < 4.78 is 30.3. The molecular formula is C24H24F2N4O2. The molecule has 0 spiro atoms. The predicted molar refractivity (Wildman–Crippen MR) is 120 cm³/mol. The summed E-state index contributed by atoms with van der Waals surface area (Å²) in [5.41, 5.74) is 2.93. The van der Waals surface area contributed by atoms with E-state index in [9.17, 15) is 18.7 Å². The number of hydrogen-bond acceptors (Lipinski definition) is 5. The van der Waals surface area contributed by atoms with Crippen LogP contribution < -0.4 is 5.32 Å². The number of hydrogen-bond donors (Lipinski definition) is 2. The number of aldehydes is 1. The fourth-order valence-corrected chi connectivity index (χ4v) is 3.93. The first-order valence-corrected chi connectivity index (χ1v) is 10.3. The van der Waals surface area contributed by atoms with Crippen LogP contribution in [0.2, 0.25) is 0 Å². The van der Waals surface area contributed by atoms with Gasteiger partial charge >= 0.3 is 0 Å². The summed E-state index contributed by atoms with van der Waals surface area (Å²) >= 11 is 0. The SMILES string of the molecule is CCc1cc(NC2c3ncc(-c4ccc(O)cc4C(C)(F)F)n3C=CN2C)ccc1C=O. The second kappa shape index (κ2) is 8.11. The van der Waals surface area contributed by atoms with Gasteiger partial charge in [0.15, 0.2) is 12.0 Å². The Morgan fingerprint density at radius 2 is 2.00 bits per heavy atom. The highest BCUT2D eigenvalue weighted by molar-refractivity contribution is 5.78. The number of anilines is 1. The van der Waals surface area contributed by atoms with Crippen LogP contribution in [-0.4, -0.2) is 32.9 Å². The molecule has 0 amide bonds. The number of alkyl halides is 2. The summed E-state index contributed by atoms with van der Waals surface area (Å²) in [5.74, 6) is -2.73. The summed E-state index contributed by atoms with van der Waals surface area (Å²) in [5, 5.41) is 13.2. The molecule has 1 unspecified atom stereocenters. The smallest absolute Gasteiger partial charge is 0.271 e. The van der Waals surface area contributed by atoms with Gasteiger partial charge in [-0.25, -0.2) is 13.8 Å². The van der Waals surface area contributed by atoms with Crippen molar-refractivity contribution in [2.24, 2.45) is 0 Å². The van der Waals surface area contributed by atoms with Crippen LogP contribution in [0.15, 0.2) is 48.8 Å². The predicted octanol–water partition coefficient (Wildman–Crippen LogP) is 5.23. The van der Waals surface area contributed by atoms with Gasteiger partial charge < -0.3 is 15.3 Å². The van der Waals surface area contributed by atoms with Crippen molar-refractivity contribution in [3.63, 3.8) is 0 Å². The minimum atomic E-state index is -3.14. The van der Waals surface area contributed by atoms with Gasteiger partial charge in [0, 0.05) is 48.7 Å². The molecule has 2 aromatic carbocycles. The van der Waals surface area contributed by atoms with Gasteiger partial charge in [-0.2, -0.15) is 0 Å². The first kappa shape index (κ1) is 21.5. The Morgan fingerprint density at radius 3 is 2.69 bits per heavy atom. The van der Waals surface area contributed by atoms with E-state index in [0.717, 1.165) is 36.9 Å². The maximum Gasteiger partial charge on any atom is 0.271 e. The summed E-state index contributed by atoms with van der Waals surface area (Å²) in [6.45, 7) is 2.79. The van der Waals surface area contributed by atoms with E-state index in [-0.39, 0.29) is 17.5 Å². The van der Waals surface area contributed by atoms with E-state index in [2.05, 4.69) is 10.3 Å². The highest BCUT2D eigenvalue weighted by Gasteiger charge is 2.32. The van der Waals surface area contributed by atoms with E-state index in [4.69, 9.17) is 0 Å². The molecular weight excluding hydrogens is 414 g/mol.